The zero-order valence-electron chi connectivity index (χ0n) is 8.54. The van der Waals surface area contributed by atoms with Crippen molar-refractivity contribution in [3.05, 3.63) is 22.8 Å². The fourth-order valence-corrected chi connectivity index (χ4v) is 4.92. The highest BCUT2D eigenvalue weighted by molar-refractivity contribution is 14.1. The van der Waals surface area contributed by atoms with E-state index in [9.17, 15) is 0 Å². The first-order valence-corrected chi connectivity index (χ1v) is 7.81. The van der Waals surface area contributed by atoms with E-state index >= 15 is 0 Å². The Morgan fingerprint density at radius 2 is 1.75 bits per heavy atom. The molecule has 3 nitrogen and oxygen atoms in total. The predicted molar refractivity (Wildman–Crippen MR) is 87.7 cm³/mol. The van der Waals surface area contributed by atoms with Gasteiger partial charge >= 0.3 is 0 Å². The van der Waals surface area contributed by atoms with Crippen LogP contribution in [0.3, 0.4) is 0 Å². The van der Waals surface area contributed by atoms with Crippen LogP contribution in [0.1, 0.15) is 6.92 Å². The molecule has 0 fully saturated rings. The second-order valence-electron chi connectivity index (χ2n) is 3.02. The van der Waals surface area contributed by atoms with Crippen molar-refractivity contribution in [3.8, 4) is 5.75 Å². The highest BCUT2D eigenvalue weighted by atomic mass is 127. The summed E-state index contributed by atoms with van der Waals surface area (Å²) in [5.41, 5.74) is 0. The molecular formula is C10H11I3O3. The molecule has 0 aliphatic heterocycles. The molecule has 0 saturated heterocycles. The van der Waals surface area contributed by atoms with E-state index < -0.39 is 6.29 Å². The Labute approximate surface area is 136 Å². The van der Waals surface area contributed by atoms with Gasteiger partial charge in [-0.3, -0.25) is 0 Å². The highest BCUT2D eigenvalue weighted by Crippen LogP contribution is 2.29. The molecule has 1 unspecified atom stereocenters. The summed E-state index contributed by atoms with van der Waals surface area (Å²) in [4.78, 5) is 0. The average molecular weight is 560 g/mol. The van der Waals surface area contributed by atoms with Crippen molar-refractivity contribution in [2.75, 3.05) is 13.2 Å². The van der Waals surface area contributed by atoms with Crippen LogP contribution in [-0.4, -0.2) is 24.6 Å². The molecule has 0 spiro atoms. The molecule has 0 aromatic heterocycles. The maximum Gasteiger partial charge on any atom is 0.151 e. The van der Waals surface area contributed by atoms with Crippen molar-refractivity contribution in [3.63, 3.8) is 0 Å². The highest BCUT2D eigenvalue weighted by Gasteiger charge is 2.07. The number of benzene rings is 1. The molecule has 16 heavy (non-hydrogen) atoms. The van der Waals surface area contributed by atoms with Gasteiger partial charge in [0.2, 0.25) is 0 Å². The van der Waals surface area contributed by atoms with Crippen LogP contribution in [0.15, 0.2) is 12.1 Å². The molecule has 1 aromatic carbocycles. The van der Waals surface area contributed by atoms with Crippen molar-refractivity contribution in [2.45, 2.75) is 13.2 Å². The fraction of sp³-hybridized carbons (Fsp3) is 0.400. The van der Waals surface area contributed by atoms with Gasteiger partial charge in [-0.25, -0.2) is 0 Å². The van der Waals surface area contributed by atoms with E-state index in [0.29, 0.717) is 13.2 Å². The molecule has 6 heteroatoms. The lowest BCUT2D eigenvalue weighted by Crippen LogP contribution is -2.14. The number of ether oxygens (including phenoxy) is 2. The van der Waals surface area contributed by atoms with Crippen LogP contribution in [-0.2, 0) is 4.74 Å². The maximum atomic E-state index is 8.91. The smallest absolute Gasteiger partial charge is 0.151 e. The third kappa shape index (κ3) is 5.19. The van der Waals surface area contributed by atoms with E-state index in [1.54, 1.807) is 6.92 Å². The lowest BCUT2D eigenvalue weighted by molar-refractivity contribution is -0.0914. The topological polar surface area (TPSA) is 38.7 Å². The molecular weight excluding hydrogens is 549 g/mol. The molecule has 0 heterocycles. The van der Waals surface area contributed by atoms with Gasteiger partial charge in [0.25, 0.3) is 0 Å². The van der Waals surface area contributed by atoms with Gasteiger partial charge in [0.15, 0.2) is 6.29 Å². The molecule has 0 radical (unpaired) electrons. The van der Waals surface area contributed by atoms with Gasteiger partial charge in [-0.05, 0) is 86.8 Å². The van der Waals surface area contributed by atoms with Crippen LogP contribution in [0.2, 0.25) is 0 Å². The van der Waals surface area contributed by atoms with Gasteiger partial charge in [0.1, 0.15) is 12.4 Å². The van der Waals surface area contributed by atoms with Gasteiger partial charge in [0.05, 0.1) is 13.7 Å². The third-order valence-corrected chi connectivity index (χ3v) is 3.88. The zero-order chi connectivity index (χ0) is 12.1. The van der Waals surface area contributed by atoms with E-state index in [2.05, 4.69) is 79.9 Å². The van der Waals surface area contributed by atoms with Crippen molar-refractivity contribution < 1.29 is 14.6 Å². The molecule has 1 rings (SSSR count). The lowest BCUT2D eigenvalue weighted by atomic mass is 10.3. The van der Waals surface area contributed by atoms with E-state index in [0.717, 1.165) is 12.9 Å². The van der Waals surface area contributed by atoms with E-state index in [-0.39, 0.29) is 0 Å². The molecule has 0 amide bonds. The van der Waals surface area contributed by atoms with E-state index in [1.807, 2.05) is 0 Å². The standard InChI is InChI=1S/C10H11I3O3/c1-6(14)15-2-3-16-10-8(12)4-7(11)5-9(10)13/h4-6,14H,2-3H2,1H3. The lowest BCUT2D eigenvalue weighted by Gasteiger charge is -2.12. The molecule has 1 aromatic rings. The predicted octanol–water partition coefficient (Wildman–Crippen LogP) is 3.23. The second kappa shape index (κ2) is 7.54. The maximum absolute atomic E-state index is 8.91. The zero-order valence-corrected chi connectivity index (χ0v) is 15.0. The summed E-state index contributed by atoms with van der Waals surface area (Å²) < 4.78 is 14.0. The Balaban J connectivity index is 2.54. The van der Waals surface area contributed by atoms with Crippen molar-refractivity contribution >= 4 is 67.8 Å². The molecule has 1 N–H and O–H groups in total. The summed E-state index contributed by atoms with van der Waals surface area (Å²) in [6.07, 6.45) is -0.738. The van der Waals surface area contributed by atoms with Crippen LogP contribution in [0, 0.1) is 10.7 Å². The van der Waals surface area contributed by atoms with Gasteiger partial charge in [-0.1, -0.05) is 0 Å². The summed E-state index contributed by atoms with van der Waals surface area (Å²) >= 11 is 6.78. The minimum Gasteiger partial charge on any atom is -0.489 e. The minimum atomic E-state index is -0.738. The summed E-state index contributed by atoms with van der Waals surface area (Å²) in [6, 6.07) is 4.13. The second-order valence-corrected chi connectivity index (χ2v) is 6.59. The van der Waals surface area contributed by atoms with Crippen molar-refractivity contribution in [1.82, 2.24) is 0 Å². The normalized spacial score (nSPS) is 12.6. The average Bonchev–Trinajstić information content (AvgIpc) is 2.14. The Kier molecular flexibility index (Phi) is 7.16. The first-order valence-electron chi connectivity index (χ1n) is 4.57. The summed E-state index contributed by atoms with van der Waals surface area (Å²) in [5, 5.41) is 8.91. The van der Waals surface area contributed by atoms with Gasteiger partial charge < -0.3 is 14.6 Å². The van der Waals surface area contributed by atoms with Crippen LogP contribution in [0.4, 0.5) is 0 Å². The minimum absolute atomic E-state index is 0.385. The Morgan fingerprint density at radius 3 is 2.25 bits per heavy atom. The van der Waals surface area contributed by atoms with Crippen LogP contribution in [0.5, 0.6) is 5.75 Å². The number of aliphatic hydroxyl groups is 1. The van der Waals surface area contributed by atoms with E-state index in [1.165, 1.54) is 3.57 Å². The van der Waals surface area contributed by atoms with Crippen molar-refractivity contribution in [1.29, 1.82) is 0 Å². The third-order valence-electron chi connectivity index (χ3n) is 1.65. The largest absolute Gasteiger partial charge is 0.489 e. The Hall–Kier alpha value is 1.13. The first kappa shape index (κ1) is 15.2. The Morgan fingerprint density at radius 1 is 1.19 bits per heavy atom. The molecule has 0 aliphatic rings. The van der Waals surface area contributed by atoms with Gasteiger partial charge in [0, 0.05) is 3.57 Å². The molecule has 0 saturated carbocycles. The van der Waals surface area contributed by atoms with Crippen molar-refractivity contribution in [2.24, 2.45) is 0 Å². The van der Waals surface area contributed by atoms with Gasteiger partial charge in [-0.2, -0.15) is 0 Å². The number of halogens is 3. The van der Waals surface area contributed by atoms with E-state index in [4.69, 9.17) is 14.6 Å². The number of hydrogen-bond acceptors (Lipinski definition) is 3. The van der Waals surface area contributed by atoms with Gasteiger partial charge in [-0.15, -0.1) is 0 Å². The fourth-order valence-electron chi connectivity index (χ4n) is 1.03. The first-order chi connectivity index (χ1) is 7.50. The number of rotatable bonds is 5. The molecule has 90 valence electrons. The number of hydrogen-bond donors (Lipinski definition) is 1. The number of aliphatic hydroxyl groups excluding tert-OH is 1. The molecule has 0 aliphatic carbocycles. The molecule has 0 bridgehead atoms. The Bertz CT molecular complexity index is 332. The van der Waals surface area contributed by atoms with Crippen LogP contribution < -0.4 is 4.74 Å². The summed E-state index contributed by atoms with van der Waals surface area (Å²) in [6.45, 7) is 2.41. The quantitative estimate of drug-likeness (QED) is 0.342. The van der Waals surface area contributed by atoms with Crippen LogP contribution in [0.25, 0.3) is 0 Å². The van der Waals surface area contributed by atoms with Crippen LogP contribution >= 0.6 is 67.8 Å². The monoisotopic (exact) mass is 560 g/mol. The molecule has 1 atom stereocenters. The summed E-state index contributed by atoms with van der Waals surface area (Å²) in [7, 11) is 0. The summed E-state index contributed by atoms with van der Waals surface area (Å²) in [5.74, 6) is 0.885. The SMILES string of the molecule is CC(O)OCCOc1c(I)cc(I)cc1I.